The number of anilines is 2. The van der Waals surface area contributed by atoms with Gasteiger partial charge in [0.2, 0.25) is 5.91 Å². The average molecular weight is 250 g/mol. The molecule has 6 nitrogen and oxygen atoms in total. The van der Waals surface area contributed by atoms with Gasteiger partial charge in [0.25, 0.3) is 5.91 Å². The molecule has 0 spiro atoms. The highest BCUT2D eigenvalue weighted by Crippen LogP contribution is 2.22. The Labute approximate surface area is 106 Å². The molecule has 1 aromatic carbocycles. The molecule has 2 amide bonds. The Balaban J connectivity index is 2.60. The number of carbonyl (C=O) groups is 2. The van der Waals surface area contributed by atoms with E-state index in [-0.39, 0.29) is 11.5 Å². The van der Waals surface area contributed by atoms with Gasteiger partial charge in [0.05, 0.1) is 16.9 Å². The Bertz CT molecular complexity index is 446. The van der Waals surface area contributed by atoms with Gasteiger partial charge in [-0.05, 0) is 19.1 Å². The Morgan fingerprint density at radius 1 is 1.33 bits per heavy atom. The molecule has 0 saturated heterocycles. The molecular formula is C12H18N4O2. The minimum atomic E-state index is -0.570. The highest BCUT2D eigenvalue weighted by atomic mass is 16.1. The summed E-state index contributed by atoms with van der Waals surface area (Å²) in [6, 6.07) is 4.98. The van der Waals surface area contributed by atoms with Crippen LogP contribution in [0.5, 0.6) is 0 Å². The maximum absolute atomic E-state index is 11.2. The van der Waals surface area contributed by atoms with Gasteiger partial charge in [-0.1, -0.05) is 6.07 Å². The maximum Gasteiger partial charge on any atom is 0.250 e. The number of nitrogens with one attached hydrogen (secondary N) is 2. The number of amides is 2. The number of hydrogen-bond acceptors (Lipinski definition) is 4. The molecule has 1 rings (SSSR count). The predicted octanol–water partition coefficient (Wildman–Crippen LogP) is 0.306. The third kappa shape index (κ3) is 3.65. The summed E-state index contributed by atoms with van der Waals surface area (Å²) in [6.45, 7) is 2.91. The first-order chi connectivity index (χ1) is 8.56. The number of para-hydroxylation sites is 1. The van der Waals surface area contributed by atoms with Gasteiger partial charge in [-0.15, -0.1) is 0 Å². The molecule has 6 N–H and O–H groups in total. The lowest BCUT2D eigenvalue weighted by Crippen LogP contribution is -2.25. The summed E-state index contributed by atoms with van der Waals surface area (Å²) in [5.41, 5.74) is 12.2. The van der Waals surface area contributed by atoms with Gasteiger partial charge >= 0.3 is 0 Å². The number of carbonyl (C=O) groups excluding carboxylic acids is 2. The minimum absolute atomic E-state index is 0.0328. The summed E-state index contributed by atoms with van der Waals surface area (Å²) in [5.74, 6) is -0.602. The van der Waals surface area contributed by atoms with Crippen LogP contribution in [0.15, 0.2) is 18.2 Å². The van der Waals surface area contributed by atoms with E-state index in [9.17, 15) is 9.59 Å². The van der Waals surface area contributed by atoms with E-state index in [0.717, 1.165) is 0 Å². The first kappa shape index (κ1) is 13.8. The fraction of sp³-hybridized carbons (Fsp3) is 0.333. The smallest absolute Gasteiger partial charge is 0.250 e. The van der Waals surface area contributed by atoms with Crippen molar-refractivity contribution in [3.63, 3.8) is 0 Å². The molecule has 0 atom stereocenters. The molecule has 0 aliphatic carbocycles. The van der Waals surface area contributed by atoms with Crippen LogP contribution in [0, 0.1) is 0 Å². The van der Waals surface area contributed by atoms with Crippen molar-refractivity contribution in [1.29, 1.82) is 0 Å². The molecule has 0 aliphatic rings. The van der Waals surface area contributed by atoms with Crippen LogP contribution in [0.4, 0.5) is 11.4 Å². The Morgan fingerprint density at radius 2 is 2.06 bits per heavy atom. The number of hydrogen-bond donors (Lipinski definition) is 4. The minimum Gasteiger partial charge on any atom is -0.396 e. The molecule has 0 bridgehead atoms. The number of primary amides is 1. The molecule has 0 radical (unpaired) electrons. The summed E-state index contributed by atoms with van der Waals surface area (Å²) in [7, 11) is 0. The average Bonchev–Trinajstić information content (AvgIpc) is 2.31. The second kappa shape index (κ2) is 6.48. The van der Waals surface area contributed by atoms with Crippen molar-refractivity contribution < 1.29 is 9.59 Å². The lowest BCUT2D eigenvalue weighted by molar-refractivity contribution is -0.120. The van der Waals surface area contributed by atoms with Crippen LogP contribution >= 0.6 is 0 Å². The lowest BCUT2D eigenvalue weighted by atomic mass is 10.1. The fourth-order valence-corrected chi connectivity index (χ4v) is 1.53. The van der Waals surface area contributed by atoms with Crippen molar-refractivity contribution in [2.24, 2.45) is 5.73 Å². The van der Waals surface area contributed by atoms with Crippen molar-refractivity contribution in [1.82, 2.24) is 5.32 Å². The van der Waals surface area contributed by atoms with Gasteiger partial charge < -0.3 is 22.1 Å². The van der Waals surface area contributed by atoms with Gasteiger partial charge in [0.15, 0.2) is 0 Å². The van der Waals surface area contributed by atoms with Crippen molar-refractivity contribution in [3.8, 4) is 0 Å². The highest BCUT2D eigenvalue weighted by Gasteiger charge is 2.09. The van der Waals surface area contributed by atoms with Crippen LogP contribution in [-0.2, 0) is 4.79 Å². The Kier molecular flexibility index (Phi) is 4.98. The van der Waals surface area contributed by atoms with Gasteiger partial charge in [-0.3, -0.25) is 9.59 Å². The van der Waals surface area contributed by atoms with E-state index in [0.29, 0.717) is 30.9 Å². The first-order valence-electron chi connectivity index (χ1n) is 5.75. The molecule has 0 aliphatic heterocycles. The largest absolute Gasteiger partial charge is 0.396 e. The van der Waals surface area contributed by atoms with E-state index in [1.165, 1.54) is 0 Å². The zero-order chi connectivity index (χ0) is 13.5. The number of rotatable bonds is 6. The summed E-state index contributed by atoms with van der Waals surface area (Å²) >= 11 is 0. The van der Waals surface area contributed by atoms with Gasteiger partial charge in [-0.2, -0.15) is 0 Å². The summed E-state index contributed by atoms with van der Waals surface area (Å²) in [6.07, 6.45) is 0.341. The van der Waals surface area contributed by atoms with Crippen molar-refractivity contribution in [2.75, 3.05) is 24.1 Å². The standard InChI is InChI=1S/C12H18N4O2/c1-2-15-10(17)6-7-16-9-5-3-4-8(11(9)13)12(14)18/h3-5,16H,2,6-7,13H2,1H3,(H2,14,18)(H,15,17). The second-order valence-corrected chi connectivity index (χ2v) is 3.76. The van der Waals surface area contributed by atoms with E-state index < -0.39 is 5.91 Å². The van der Waals surface area contributed by atoms with E-state index in [4.69, 9.17) is 11.5 Å². The maximum atomic E-state index is 11.2. The quantitative estimate of drug-likeness (QED) is 0.544. The van der Waals surface area contributed by atoms with Gasteiger partial charge in [-0.25, -0.2) is 0 Å². The van der Waals surface area contributed by atoms with Crippen molar-refractivity contribution >= 4 is 23.2 Å². The third-order valence-electron chi connectivity index (χ3n) is 2.41. The summed E-state index contributed by atoms with van der Waals surface area (Å²) < 4.78 is 0. The molecule has 1 aromatic rings. The number of nitrogens with two attached hydrogens (primary N) is 2. The molecule has 18 heavy (non-hydrogen) atoms. The number of nitrogen functional groups attached to an aromatic ring is 1. The Morgan fingerprint density at radius 3 is 2.67 bits per heavy atom. The number of benzene rings is 1. The van der Waals surface area contributed by atoms with Crippen molar-refractivity contribution in [3.05, 3.63) is 23.8 Å². The van der Waals surface area contributed by atoms with Crippen LogP contribution in [0.1, 0.15) is 23.7 Å². The van der Waals surface area contributed by atoms with Gasteiger partial charge in [0.1, 0.15) is 0 Å². The molecule has 98 valence electrons. The SMILES string of the molecule is CCNC(=O)CCNc1cccc(C(N)=O)c1N. The van der Waals surface area contributed by atoms with E-state index >= 15 is 0 Å². The van der Waals surface area contributed by atoms with Crippen molar-refractivity contribution in [2.45, 2.75) is 13.3 Å². The van der Waals surface area contributed by atoms with E-state index in [2.05, 4.69) is 10.6 Å². The normalized spacial score (nSPS) is 9.83. The van der Waals surface area contributed by atoms with E-state index in [1.807, 2.05) is 6.92 Å². The van der Waals surface area contributed by atoms with E-state index in [1.54, 1.807) is 18.2 Å². The predicted molar refractivity (Wildman–Crippen MR) is 71.2 cm³/mol. The zero-order valence-corrected chi connectivity index (χ0v) is 10.3. The highest BCUT2D eigenvalue weighted by molar-refractivity contribution is 6.00. The molecule has 0 aromatic heterocycles. The zero-order valence-electron chi connectivity index (χ0n) is 10.3. The Hall–Kier alpha value is -2.24. The first-order valence-corrected chi connectivity index (χ1v) is 5.75. The fourth-order valence-electron chi connectivity index (χ4n) is 1.53. The lowest BCUT2D eigenvalue weighted by Gasteiger charge is -2.11. The monoisotopic (exact) mass is 250 g/mol. The molecular weight excluding hydrogens is 232 g/mol. The third-order valence-corrected chi connectivity index (χ3v) is 2.41. The van der Waals surface area contributed by atoms with Gasteiger partial charge in [0, 0.05) is 19.5 Å². The van der Waals surface area contributed by atoms with Crippen LogP contribution in [0.25, 0.3) is 0 Å². The van der Waals surface area contributed by atoms with Crippen LogP contribution in [-0.4, -0.2) is 24.9 Å². The molecule has 6 heteroatoms. The van der Waals surface area contributed by atoms with Crippen LogP contribution < -0.4 is 22.1 Å². The molecule has 0 unspecified atom stereocenters. The topological polar surface area (TPSA) is 110 Å². The molecule has 0 saturated carbocycles. The van der Waals surface area contributed by atoms with Crippen LogP contribution in [0.3, 0.4) is 0 Å². The summed E-state index contributed by atoms with van der Waals surface area (Å²) in [5, 5.41) is 5.70. The second-order valence-electron chi connectivity index (χ2n) is 3.76. The van der Waals surface area contributed by atoms with Crippen LogP contribution in [0.2, 0.25) is 0 Å². The summed E-state index contributed by atoms with van der Waals surface area (Å²) in [4.78, 5) is 22.3. The molecule has 0 fully saturated rings. The molecule has 0 heterocycles.